The standard InChI is InChI=1S/C24H26FN3OS/c1-2-28(23(29)26-21-14-12-20(25)13-15-21)24-27-22(16-30-24)19-10-8-18(9-11-19)17-6-4-3-5-7-17/h8-17H,2-7H2,1H3,(H,26,29). The maximum Gasteiger partial charge on any atom is 0.328 e. The second-order valence-corrected chi connectivity index (χ2v) is 8.49. The maximum atomic E-state index is 13.1. The summed E-state index contributed by atoms with van der Waals surface area (Å²) < 4.78 is 13.1. The zero-order valence-corrected chi connectivity index (χ0v) is 17.9. The monoisotopic (exact) mass is 423 g/mol. The summed E-state index contributed by atoms with van der Waals surface area (Å²) in [5, 5.41) is 5.43. The molecule has 0 radical (unpaired) electrons. The number of nitrogens with zero attached hydrogens (tertiary/aromatic N) is 2. The molecule has 2 aromatic carbocycles. The van der Waals surface area contributed by atoms with Gasteiger partial charge in [0.2, 0.25) is 0 Å². The second kappa shape index (κ2) is 9.39. The summed E-state index contributed by atoms with van der Waals surface area (Å²) in [6.07, 6.45) is 6.59. The Hall–Kier alpha value is -2.73. The van der Waals surface area contributed by atoms with Crippen molar-refractivity contribution in [3.63, 3.8) is 0 Å². The summed E-state index contributed by atoms with van der Waals surface area (Å²) >= 11 is 1.44. The predicted molar refractivity (Wildman–Crippen MR) is 122 cm³/mol. The van der Waals surface area contributed by atoms with Crippen LogP contribution in [0.5, 0.6) is 0 Å². The second-order valence-electron chi connectivity index (χ2n) is 7.65. The Morgan fingerprint density at radius 3 is 2.47 bits per heavy atom. The average molecular weight is 424 g/mol. The molecule has 1 saturated carbocycles. The largest absolute Gasteiger partial charge is 0.328 e. The van der Waals surface area contributed by atoms with Crippen LogP contribution in [0.25, 0.3) is 11.3 Å². The molecule has 0 aliphatic heterocycles. The first kappa shape index (κ1) is 20.5. The first-order valence-corrected chi connectivity index (χ1v) is 11.4. The number of rotatable bonds is 5. The van der Waals surface area contributed by atoms with Crippen molar-refractivity contribution in [3.8, 4) is 11.3 Å². The normalized spacial score (nSPS) is 14.5. The lowest BCUT2D eigenvalue weighted by atomic mass is 9.84. The van der Waals surface area contributed by atoms with Gasteiger partial charge in [-0.25, -0.2) is 14.2 Å². The molecule has 30 heavy (non-hydrogen) atoms. The van der Waals surface area contributed by atoms with Gasteiger partial charge >= 0.3 is 6.03 Å². The van der Waals surface area contributed by atoms with Gasteiger partial charge in [-0.2, -0.15) is 0 Å². The third kappa shape index (κ3) is 4.70. The Bertz CT molecular complexity index is 978. The molecule has 0 atom stereocenters. The van der Waals surface area contributed by atoms with Crippen LogP contribution < -0.4 is 10.2 Å². The summed E-state index contributed by atoms with van der Waals surface area (Å²) in [7, 11) is 0. The van der Waals surface area contributed by atoms with Gasteiger partial charge in [0.05, 0.1) is 5.69 Å². The lowest BCUT2D eigenvalue weighted by Crippen LogP contribution is -2.34. The Labute approximate surface area is 180 Å². The molecule has 1 aromatic heterocycles. The lowest BCUT2D eigenvalue weighted by molar-refractivity contribution is 0.257. The minimum absolute atomic E-state index is 0.280. The van der Waals surface area contributed by atoms with Crippen LogP contribution in [0.4, 0.5) is 20.0 Å². The summed E-state index contributed by atoms with van der Waals surface area (Å²) in [6.45, 7) is 2.39. The molecule has 0 spiro atoms. The van der Waals surface area contributed by atoms with E-state index in [1.54, 1.807) is 17.0 Å². The molecule has 0 saturated heterocycles. The zero-order valence-electron chi connectivity index (χ0n) is 17.1. The van der Waals surface area contributed by atoms with Crippen molar-refractivity contribution in [1.82, 2.24) is 4.98 Å². The molecule has 1 aliphatic rings. The van der Waals surface area contributed by atoms with Crippen molar-refractivity contribution in [3.05, 3.63) is 65.3 Å². The molecule has 1 N–H and O–H groups in total. The molecule has 156 valence electrons. The highest BCUT2D eigenvalue weighted by Gasteiger charge is 2.19. The Kier molecular flexibility index (Phi) is 6.43. The van der Waals surface area contributed by atoms with Gasteiger partial charge in [0.1, 0.15) is 5.82 Å². The fraction of sp³-hybridized carbons (Fsp3) is 0.333. The molecule has 1 fully saturated rings. The molecular weight excluding hydrogens is 397 g/mol. The molecule has 4 rings (SSSR count). The van der Waals surface area contributed by atoms with Crippen molar-refractivity contribution in [2.75, 3.05) is 16.8 Å². The minimum atomic E-state index is -0.334. The highest BCUT2D eigenvalue weighted by molar-refractivity contribution is 7.14. The summed E-state index contributed by atoms with van der Waals surface area (Å²) in [6, 6.07) is 14.2. The van der Waals surface area contributed by atoms with E-state index in [0.717, 1.165) is 11.3 Å². The Morgan fingerprint density at radius 2 is 1.80 bits per heavy atom. The first-order chi connectivity index (χ1) is 14.6. The van der Waals surface area contributed by atoms with Crippen molar-refractivity contribution in [2.45, 2.75) is 44.9 Å². The number of hydrogen-bond acceptors (Lipinski definition) is 3. The first-order valence-electron chi connectivity index (χ1n) is 10.5. The van der Waals surface area contributed by atoms with Crippen molar-refractivity contribution >= 4 is 28.2 Å². The molecule has 0 unspecified atom stereocenters. The van der Waals surface area contributed by atoms with E-state index in [0.29, 0.717) is 23.3 Å². The number of benzene rings is 2. The van der Waals surface area contributed by atoms with Crippen LogP contribution in [0, 0.1) is 5.82 Å². The van der Waals surface area contributed by atoms with E-state index in [1.807, 2.05) is 12.3 Å². The van der Waals surface area contributed by atoms with Crippen LogP contribution in [-0.2, 0) is 0 Å². The average Bonchev–Trinajstić information content (AvgIpc) is 3.26. The van der Waals surface area contributed by atoms with E-state index in [2.05, 4.69) is 29.6 Å². The van der Waals surface area contributed by atoms with Gasteiger partial charge in [-0.1, -0.05) is 43.5 Å². The summed E-state index contributed by atoms with van der Waals surface area (Å²) in [5.41, 5.74) is 3.91. The van der Waals surface area contributed by atoms with Gasteiger partial charge in [-0.05, 0) is 55.5 Å². The topological polar surface area (TPSA) is 45.2 Å². The highest BCUT2D eigenvalue weighted by atomic mass is 32.1. The van der Waals surface area contributed by atoms with Gasteiger partial charge in [-0.15, -0.1) is 11.3 Å². The molecule has 4 nitrogen and oxygen atoms in total. The number of halogens is 1. The molecule has 1 heterocycles. The SMILES string of the molecule is CCN(C(=O)Nc1ccc(F)cc1)c1nc(-c2ccc(C3CCCCC3)cc2)cs1. The van der Waals surface area contributed by atoms with Gasteiger partial charge in [-0.3, -0.25) is 4.90 Å². The number of urea groups is 1. The number of amides is 2. The summed E-state index contributed by atoms with van der Waals surface area (Å²) in [4.78, 5) is 19.0. The minimum Gasteiger partial charge on any atom is -0.307 e. The van der Waals surface area contributed by atoms with Crippen molar-refractivity contribution in [2.24, 2.45) is 0 Å². The van der Waals surface area contributed by atoms with Gasteiger partial charge < -0.3 is 5.32 Å². The van der Waals surface area contributed by atoms with Gasteiger partial charge in [0.15, 0.2) is 5.13 Å². The van der Waals surface area contributed by atoms with Crippen LogP contribution in [-0.4, -0.2) is 17.6 Å². The predicted octanol–water partition coefficient (Wildman–Crippen LogP) is 7.06. The van der Waals surface area contributed by atoms with Crippen molar-refractivity contribution in [1.29, 1.82) is 0 Å². The van der Waals surface area contributed by atoms with Crippen LogP contribution in [0.3, 0.4) is 0 Å². The van der Waals surface area contributed by atoms with Crippen LogP contribution in [0.15, 0.2) is 53.9 Å². The summed E-state index contributed by atoms with van der Waals surface area (Å²) in [5.74, 6) is 0.351. The molecule has 1 aliphatic carbocycles. The van der Waals surface area contributed by atoms with E-state index in [9.17, 15) is 9.18 Å². The highest BCUT2D eigenvalue weighted by Crippen LogP contribution is 2.34. The van der Waals surface area contributed by atoms with Gasteiger partial charge in [0, 0.05) is 23.2 Å². The van der Waals surface area contributed by atoms with Crippen LogP contribution in [0.2, 0.25) is 0 Å². The Balaban J connectivity index is 1.46. The number of anilines is 2. The van der Waals surface area contributed by atoms with Crippen molar-refractivity contribution < 1.29 is 9.18 Å². The van der Waals surface area contributed by atoms with E-state index < -0.39 is 0 Å². The van der Waals surface area contributed by atoms with E-state index in [1.165, 1.54) is 61.1 Å². The quantitative estimate of drug-likeness (QED) is 0.478. The van der Waals surface area contributed by atoms with E-state index in [-0.39, 0.29) is 11.8 Å². The molecular formula is C24H26FN3OS. The smallest absolute Gasteiger partial charge is 0.307 e. The third-order valence-corrected chi connectivity index (χ3v) is 6.53. The third-order valence-electron chi connectivity index (χ3n) is 5.66. The van der Waals surface area contributed by atoms with Gasteiger partial charge in [0.25, 0.3) is 0 Å². The molecule has 2 amide bonds. The molecule has 3 aromatic rings. The number of hydrogen-bond donors (Lipinski definition) is 1. The Morgan fingerprint density at radius 1 is 1.10 bits per heavy atom. The van der Waals surface area contributed by atoms with Crippen LogP contribution in [0.1, 0.15) is 50.5 Å². The number of carbonyl (C=O) groups excluding carboxylic acids is 1. The number of aromatic nitrogens is 1. The number of nitrogens with one attached hydrogen (secondary N) is 1. The van der Waals surface area contributed by atoms with Crippen LogP contribution >= 0.6 is 11.3 Å². The lowest BCUT2D eigenvalue weighted by Gasteiger charge is -2.22. The number of thiazole rings is 1. The van der Waals surface area contributed by atoms with E-state index >= 15 is 0 Å². The molecule has 0 bridgehead atoms. The zero-order chi connectivity index (χ0) is 20.9. The molecule has 6 heteroatoms. The maximum absolute atomic E-state index is 13.1. The fourth-order valence-corrected chi connectivity index (χ4v) is 4.87. The number of carbonyl (C=O) groups is 1. The fourth-order valence-electron chi connectivity index (χ4n) is 3.97. The van der Waals surface area contributed by atoms with E-state index in [4.69, 9.17) is 4.98 Å².